The number of carbonyl (C=O) groups is 3. The topological polar surface area (TPSA) is 208 Å². The Morgan fingerprint density at radius 2 is 1.72 bits per heavy atom. The molecule has 1 aromatic heterocycles. The van der Waals surface area contributed by atoms with E-state index in [1.165, 1.54) is 16.7 Å². The van der Waals surface area contributed by atoms with Gasteiger partial charge in [0.15, 0.2) is 12.4 Å². The fourth-order valence-corrected chi connectivity index (χ4v) is 19.4. The smallest absolute Gasteiger partial charge is 0.335 e. The first-order chi connectivity index (χ1) is 30.8. The number of ether oxygens (including phenoxy) is 3. The number of hydrogen-bond acceptors (Lipinski definition) is 9. The van der Waals surface area contributed by atoms with Crippen molar-refractivity contribution in [2.45, 2.75) is 155 Å². The fraction of sp³-hybridized carbons (Fsp3) is 0.750. The zero-order valence-electron chi connectivity index (χ0n) is 38.8. The van der Waals surface area contributed by atoms with Crippen molar-refractivity contribution >= 4 is 17.8 Å². The number of H-pyrrole nitrogens is 1. The number of aromatic amines is 1. The molecule has 7 N–H and O–H groups in total. The SMILES string of the molecule is CCc1c[nH]cc1CCC12C3CCC4C=C5C67C=CCC8(C)CC(COC)C6(C(=O)O)CCC56C(C=CC41C6(C)CCC2C(C)(C)C(OC1OC(C(=O)O)C(O)C(O)C1O)C3)C(=O)NC87. The molecule has 354 valence electrons. The minimum atomic E-state index is -1.81. The number of aliphatic carboxylic acids is 2. The molecule has 65 heavy (non-hydrogen) atoms. The van der Waals surface area contributed by atoms with E-state index in [0.717, 1.165) is 51.4 Å². The summed E-state index contributed by atoms with van der Waals surface area (Å²) in [5.74, 6) is -2.68. The van der Waals surface area contributed by atoms with E-state index in [-0.39, 0.29) is 46.5 Å². The number of rotatable bonds is 10. The summed E-state index contributed by atoms with van der Waals surface area (Å²) in [7, 11) is 1.68. The van der Waals surface area contributed by atoms with E-state index in [1.54, 1.807) is 7.11 Å². The van der Waals surface area contributed by atoms with Crippen LogP contribution in [0.5, 0.6) is 0 Å². The van der Waals surface area contributed by atoms with Crippen LogP contribution in [0.2, 0.25) is 0 Å². The van der Waals surface area contributed by atoms with E-state index in [1.807, 2.05) is 0 Å². The molecule has 1 aromatic rings. The van der Waals surface area contributed by atoms with Crippen LogP contribution in [-0.4, -0.2) is 105 Å². The fourth-order valence-electron chi connectivity index (χ4n) is 19.4. The number of nitrogens with one attached hydrogen (secondary N) is 2. The number of allylic oxidation sites excluding steroid dienone is 3. The molecule has 13 nitrogen and oxygen atoms in total. The van der Waals surface area contributed by atoms with Crippen LogP contribution in [0.25, 0.3) is 0 Å². The van der Waals surface area contributed by atoms with E-state index in [2.05, 4.69) is 87.7 Å². The zero-order chi connectivity index (χ0) is 46.1. The summed E-state index contributed by atoms with van der Waals surface area (Å²) in [6.45, 7) is 11.8. The summed E-state index contributed by atoms with van der Waals surface area (Å²) >= 11 is 0. The first-order valence-corrected chi connectivity index (χ1v) is 24.7. The van der Waals surface area contributed by atoms with Gasteiger partial charge in [0, 0.05) is 47.7 Å². The van der Waals surface area contributed by atoms with Crippen LogP contribution in [0.4, 0.5) is 0 Å². The molecule has 2 saturated heterocycles. The molecule has 19 atom stereocenters. The molecule has 7 fully saturated rings. The second-order valence-electron chi connectivity index (χ2n) is 23.6. The molecule has 2 aliphatic heterocycles. The Bertz CT molecular complexity index is 2290. The normalized spacial score (nSPS) is 51.5. The van der Waals surface area contributed by atoms with Gasteiger partial charge in [0.2, 0.25) is 5.91 Å². The zero-order valence-corrected chi connectivity index (χ0v) is 38.8. The molecule has 3 spiro atoms. The van der Waals surface area contributed by atoms with Gasteiger partial charge < -0.3 is 50.0 Å². The van der Waals surface area contributed by atoms with Crippen LogP contribution in [0.3, 0.4) is 0 Å². The van der Waals surface area contributed by atoms with Gasteiger partial charge in [0.25, 0.3) is 0 Å². The number of aliphatic hydroxyl groups is 3. The third-order valence-electron chi connectivity index (χ3n) is 21.7. The van der Waals surface area contributed by atoms with Gasteiger partial charge in [-0.1, -0.05) is 70.6 Å². The summed E-state index contributed by atoms with van der Waals surface area (Å²) < 4.78 is 18.5. The van der Waals surface area contributed by atoms with Gasteiger partial charge >= 0.3 is 11.9 Å². The number of aromatic nitrogens is 1. The summed E-state index contributed by atoms with van der Waals surface area (Å²) in [6.07, 6.45) is 16.3. The van der Waals surface area contributed by atoms with Crippen LogP contribution < -0.4 is 5.32 Å². The van der Waals surface area contributed by atoms with Crippen molar-refractivity contribution in [3.8, 4) is 0 Å². The predicted molar refractivity (Wildman–Crippen MR) is 237 cm³/mol. The standard InChI is InChI=1S/C52H70N2O11/c1-7-27-24-53-25-28(27)11-17-48-29-9-10-30-21-34-50-20-19-49(44(61)62)31(26-63-6)23-46(4)14-8-15-51(34,49)43(46)54-40(58)32(50)12-18-52(30,48)47(50,5)16-13-33(48)45(2,3)35(22-29)64-42-38(57)36(55)37(56)39(65-42)41(59)60/h8,12,15,18,21,24-25,29-33,35-39,42-43,53,55-57H,7,9-11,13-14,16-17,19-20,22-23,26H2,1-6H3,(H,54,58)(H,59,60)(H,61,62). The molecule has 0 aromatic carbocycles. The number of carboxylic acids is 2. The van der Waals surface area contributed by atoms with Gasteiger partial charge in [-0.15, -0.1) is 0 Å². The van der Waals surface area contributed by atoms with Crippen LogP contribution in [0.15, 0.2) is 48.3 Å². The quantitative estimate of drug-likeness (QED) is 0.112. The number of aliphatic hydroxyl groups excluding tert-OH is 3. The van der Waals surface area contributed by atoms with Crippen molar-refractivity contribution < 1.29 is 54.1 Å². The second kappa shape index (κ2) is 14.1. The Hall–Kier alpha value is -3.33. The van der Waals surface area contributed by atoms with Crippen molar-refractivity contribution in [1.82, 2.24) is 10.3 Å². The van der Waals surface area contributed by atoms with E-state index in [9.17, 15) is 35.1 Å². The minimum Gasteiger partial charge on any atom is -0.481 e. The lowest BCUT2D eigenvalue weighted by molar-refractivity contribution is -0.347. The molecule has 5 saturated carbocycles. The molecule has 3 heterocycles. The molecule has 19 unspecified atom stereocenters. The third-order valence-corrected chi connectivity index (χ3v) is 21.7. The van der Waals surface area contributed by atoms with Gasteiger partial charge in [-0.2, -0.15) is 0 Å². The van der Waals surface area contributed by atoms with E-state index < -0.39 is 87.2 Å². The van der Waals surface area contributed by atoms with Crippen LogP contribution >= 0.6 is 0 Å². The monoisotopic (exact) mass is 898 g/mol. The van der Waals surface area contributed by atoms with Crippen LogP contribution in [0.1, 0.15) is 110 Å². The largest absolute Gasteiger partial charge is 0.481 e. The van der Waals surface area contributed by atoms with Crippen LogP contribution in [-0.2, 0) is 41.4 Å². The minimum absolute atomic E-state index is 0.0142. The highest BCUT2D eigenvalue weighted by molar-refractivity contribution is 5.88. The average molecular weight is 899 g/mol. The maximum Gasteiger partial charge on any atom is 0.335 e. The van der Waals surface area contributed by atoms with Gasteiger partial charge in [-0.25, -0.2) is 4.79 Å². The van der Waals surface area contributed by atoms with Crippen molar-refractivity contribution in [2.75, 3.05) is 13.7 Å². The number of hydrogen-bond donors (Lipinski definition) is 7. The van der Waals surface area contributed by atoms with Gasteiger partial charge in [-0.05, 0) is 128 Å². The van der Waals surface area contributed by atoms with Crippen molar-refractivity contribution in [3.63, 3.8) is 0 Å². The molecule has 11 rings (SSSR count). The summed E-state index contributed by atoms with van der Waals surface area (Å²) in [5, 5.41) is 58.2. The highest BCUT2D eigenvalue weighted by Crippen LogP contribution is 2.89. The summed E-state index contributed by atoms with van der Waals surface area (Å²) in [4.78, 5) is 45.6. The molecular formula is C52H70N2O11. The first-order valence-electron chi connectivity index (χ1n) is 24.7. The van der Waals surface area contributed by atoms with Crippen LogP contribution in [0, 0.1) is 72.9 Å². The van der Waals surface area contributed by atoms with Gasteiger partial charge in [0.1, 0.15) is 18.3 Å². The molecule has 13 heteroatoms. The Kier molecular flexibility index (Phi) is 9.60. The Balaban J connectivity index is 1.12. The molecule has 4 bridgehead atoms. The molecule has 8 aliphatic carbocycles. The molecule has 10 aliphatic rings. The van der Waals surface area contributed by atoms with Crippen molar-refractivity contribution in [2.24, 2.45) is 72.9 Å². The second-order valence-corrected chi connectivity index (χ2v) is 23.6. The van der Waals surface area contributed by atoms with Crippen molar-refractivity contribution in [3.05, 3.63) is 59.5 Å². The lowest BCUT2D eigenvalue weighted by atomic mass is 9.19. The lowest BCUT2D eigenvalue weighted by Crippen LogP contribution is -2.80. The maximum absolute atomic E-state index is 15.5. The first kappa shape index (κ1) is 44.2. The van der Waals surface area contributed by atoms with Gasteiger partial charge in [-0.3, -0.25) is 9.59 Å². The summed E-state index contributed by atoms with van der Waals surface area (Å²) in [5.41, 5.74) is -1.08. The molecule has 1 amide bonds. The highest BCUT2D eigenvalue weighted by Gasteiger charge is 2.87. The Morgan fingerprint density at radius 3 is 2.45 bits per heavy atom. The summed E-state index contributed by atoms with van der Waals surface area (Å²) in [6, 6.07) is -0.387. The third kappa shape index (κ3) is 4.89. The number of amides is 1. The van der Waals surface area contributed by atoms with Gasteiger partial charge in [0.05, 0.1) is 24.0 Å². The van der Waals surface area contributed by atoms with E-state index in [0.29, 0.717) is 32.3 Å². The average Bonchev–Trinajstić information content (AvgIpc) is 3.68. The Labute approximate surface area is 381 Å². The van der Waals surface area contributed by atoms with Crippen molar-refractivity contribution in [1.29, 1.82) is 0 Å². The molecule has 0 radical (unpaired) electrons. The predicted octanol–water partition coefficient (Wildman–Crippen LogP) is 5.73. The lowest BCUT2D eigenvalue weighted by Gasteiger charge is -2.83. The van der Waals surface area contributed by atoms with E-state index >= 15 is 4.79 Å². The Morgan fingerprint density at radius 1 is 0.954 bits per heavy atom. The number of aryl methyl sites for hydroxylation is 2. The van der Waals surface area contributed by atoms with E-state index in [4.69, 9.17) is 14.2 Å². The maximum atomic E-state index is 15.5. The highest BCUT2D eigenvalue weighted by atomic mass is 16.7. The number of carboxylic acid groups (broad SMARTS) is 2. The number of carbonyl (C=O) groups excluding carboxylic acids is 1. The molecular weight excluding hydrogens is 829 g/mol. The number of methoxy groups -OCH3 is 1.